The van der Waals surface area contributed by atoms with E-state index in [1.807, 2.05) is 13.8 Å². The average Bonchev–Trinajstić information content (AvgIpc) is 2.78. The molecule has 1 aromatic carbocycles. The zero-order valence-electron chi connectivity index (χ0n) is 14.8. The molecule has 1 heterocycles. The first-order valence-corrected chi connectivity index (χ1v) is 9.19. The number of rotatable bonds is 6. The first-order chi connectivity index (χ1) is 11.6. The second-order valence-corrected chi connectivity index (χ2v) is 7.49. The molecule has 0 bridgehead atoms. The third-order valence-corrected chi connectivity index (χ3v) is 5.00. The molecule has 136 valence electrons. The van der Waals surface area contributed by atoms with Crippen LogP contribution in [0.15, 0.2) is 29.2 Å². The third-order valence-electron chi connectivity index (χ3n) is 3.50. The summed E-state index contributed by atoms with van der Waals surface area (Å²) in [7, 11) is -2.26. The van der Waals surface area contributed by atoms with Crippen LogP contribution in [0.3, 0.4) is 0 Å². The topological polar surface area (TPSA) is 102 Å². The van der Waals surface area contributed by atoms with Crippen LogP contribution in [-0.2, 0) is 17.1 Å². The Morgan fingerprint density at radius 1 is 1.20 bits per heavy atom. The smallest absolute Gasteiger partial charge is 0.266 e. The minimum absolute atomic E-state index is 0.0254. The van der Waals surface area contributed by atoms with Crippen LogP contribution in [0.4, 0.5) is 0 Å². The highest BCUT2D eigenvalue weighted by Crippen LogP contribution is 2.18. The van der Waals surface area contributed by atoms with Crippen LogP contribution in [0.2, 0.25) is 0 Å². The van der Waals surface area contributed by atoms with Crippen LogP contribution < -0.4 is 15.0 Å². The van der Waals surface area contributed by atoms with E-state index in [0.29, 0.717) is 22.7 Å². The molecule has 0 spiro atoms. The lowest BCUT2D eigenvalue weighted by Gasteiger charge is -2.11. The van der Waals surface area contributed by atoms with Gasteiger partial charge in [0.15, 0.2) is 0 Å². The van der Waals surface area contributed by atoms with Gasteiger partial charge in [0.05, 0.1) is 17.5 Å². The molecule has 0 aliphatic heterocycles. The minimum Gasteiger partial charge on any atom is -0.491 e. The number of sulfonamides is 1. The van der Waals surface area contributed by atoms with Crippen molar-refractivity contribution < 1.29 is 17.9 Å². The van der Waals surface area contributed by atoms with E-state index >= 15 is 0 Å². The number of aromatic nitrogens is 2. The van der Waals surface area contributed by atoms with E-state index in [9.17, 15) is 13.2 Å². The second-order valence-electron chi connectivity index (χ2n) is 5.87. The summed E-state index contributed by atoms with van der Waals surface area (Å²) in [6.07, 6.45) is 0.0254. The summed E-state index contributed by atoms with van der Waals surface area (Å²) < 4.78 is 31.8. The summed E-state index contributed by atoms with van der Waals surface area (Å²) >= 11 is 0. The highest BCUT2D eigenvalue weighted by molar-refractivity contribution is 7.89. The molecule has 0 aliphatic carbocycles. The molecular formula is C16H22N4O4S. The molecule has 25 heavy (non-hydrogen) atoms. The Bertz CT molecular complexity index is 870. The molecule has 8 nitrogen and oxygen atoms in total. The summed E-state index contributed by atoms with van der Waals surface area (Å²) in [5.74, 6) is 0.0626. The normalized spacial score (nSPS) is 11.6. The Balaban J connectivity index is 2.08. The maximum atomic E-state index is 12.4. The van der Waals surface area contributed by atoms with Gasteiger partial charge >= 0.3 is 0 Å². The summed E-state index contributed by atoms with van der Waals surface area (Å²) in [5, 5.41) is 4.07. The van der Waals surface area contributed by atoms with Gasteiger partial charge in [-0.1, -0.05) is 0 Å². The first kappa shape index (κ1) is 18.9. The lowest BCUT2D eigenvalue weighted by molar-refractivity contribution is 0.0945. The van der Waals surface area contributed by atoms with Gasteiger partial charge in [-0.2, -0.15) is 5.10 Å². The standard InChI is InChI=1S/C16H22N4O4S/c1-10(2)24-14-8-6-13(7-9-14)16(21)17-19-25(22,23)15-11(3)18-20(5)12(15)4/h6-10,19H,1-5H3,(H,17,21). The van der Waals surface area contributed by atoms with Crippen molar-refractivity contribution >= 4 is 15.9 Å². The number of aryl methyl sites for hydroxylation is 2. The highest BCUT2D eigenvalue weighted by atomic mass is 32.2. The van der Waals surface area contributed by atoms with E-state index in [1.165, 1.54) is 4.68 Å². The van der Waals surface area contributed by atoms with Crippen molar-refractivity contribution in [2.45, 2.75) is 38.7 Å². The van der Waals surface area contributed by atoms with E-state index in [-0.39, 0.29) is 11.0 Å². The van der Waals surface area contributed by atoms with Crippen LogP contribution >= 0.6 is 0 Å². The lowest BCUT2D eigenvalue weighted by atomic mass is 10.2. The number of nitrogens with one attached hydrogen (secondary N) is 2. The Morgan fingerprint density at radius 3 is 2.28 bits per heavy atom. The Hall–Kier alpha value is -2.39. The van der Waals surface area contributed by atoms with Crippen molar-refractivity contribution in [3.8, 4) is 5.75 Å². The number of hydrogen-bond donors (Lipinski definition) is 2. The number of hydrazine groups is 1. The van der Waals surface area contributed by atoms with Crippen molar-refractivity contribution in [1.82, 2.24) is 20.0 Å². The Labute approximate surface area is 147 Å². The van der Waals surface area contributed by atoms with Crippen molar-refractivity contribution in [3.63, 3.8) is 0 Å². The third kappa shape index (κ3) is 4.37. The molecule has 0 fully saturated rings. The minimum atomic E-state index is -3.92. The largest absolute Gasteiger partial charge is 0.491 e. The van der Waals surface area contributed by atoms with Gasteiger partial charge in [0, 0.05) is 12.6 Å². The molecule has 0 saturated heterocycles. The maximum Gasteiger partial charge on any atom is 0.266 e. The van der Waals surface area contributed by atoms with Gasteiger partial charge < -0.3 is 4.74 Å². The highest BCUT2D eigenvalue weighted by Gasteiger charge is 2.24. The monoisotopic (exact) mass is 366 g/mol. The summed E-state index contributed by atoms with van der Waals surface area (Å²) in [6, 6.07) is 6.42. The fourth-order valence-electron chi connectivity index (χ4n) is 2.34. The van der Waals surface area contributed by atoms with Gasteiger partial charge in [-0.25, -0.2) is 8.42 Å². The Morgan fingerprint density at radius 2 is 1.80 bits per heavy atom. The number of hydrogen-bond acceptors (Lipinski definition) is 5. The van der Waals surface area contributed by atoms with E-state index in [1.54, 1.807) is 45.2 Å². The number of nitrogens with zero attached hydrogens (tertiary/aromatic N) is 2. The second kappa shape index (κ2) is 7.24. The Kier molecular flexibility index (Phi) is 5.48. The number of amides is 1. The van der Waals surface area contributed by atoms with Gasteiger partial charge in [-0.05, 0) is 52.0 Å². The summed E-state index contributed by atoms with van der Waals surface area (Å²) in [4.78, 5) is 14.3. The van der Waals surface area contributed by atoms with E-state index in [4.69, 9.17) is 4.74 Å². The SMILES string of the molecule is Cc1nn(C)c(C)c1S(=O)(=O)NNC(=O)c1ccc(OC(C)C)cc1. The van der Waals surface area contributed by atoms with Crippen molar-refractivity contribution in [3.05, 3.63) is 41.2 Å². The molecule has 2 rings (SSSR count). The zero-order valence-corrected chi connectivity index (χ0v) is 15.6. The quantitative estimate of drug-likeness (QED) is 0.753. The molecule has 9 heteroatoms. The van der Waals surface area contributed by atoms with Crippen molar-refractivity contribution in [1.29, 1.82) is 0 Å². The molecule has 0 aliphatic rings. The molecule has 0 atom stereocenters. The number of benzene rings is 1. The number of carbonyl (C=O) groups is 1. The number of ether oxygens (including phenoxy) is 1. The first-order valence-electron chi connectivity index (χ1n) is 7.71. The van der Waals surface area contributed by atoms with Crippen LogP contribution in [0.25, 0.3) is 0 Å². The lowest BCUT2D eigenvalue weighted by Crippen LogP contribution is -2.41. The molecule has 1 aromatic heterocycles. The fraction of sp³-hybridized carbons (Fsp3) is 0.375. The maximum absolute atomic E-state index is 12.4. The average molecular weight is 366 g/mol. The molecular weight excluding hydrogens is 344 g/mol. The molecule has 1 amide bonds. The zero-order chi connectivity index (χ0) is 18.8. The summed E-state index contributed by atoms with van der Waals surface area (Å²) in [6.45, 7) is 7.04. The molecule has 0 saturated carbocycles. The fourth-order valence-corrected chi connectivity index (χ4v) is 3.62. The van der Waals surface area contributed by atoms with Gasteiger partial charge in [-0.15, -0.1) is 4.83 Å². The molecule has 2 aromatic rings. The van der Waals surface area contributed by atoms with E-state index in [2.05, 4.69) is 15.4 Å². The predicted octanol–water partition coefficient (Wildman–Crippen LogP) is 1.45. The van der Waals surface area contributed by atoms with E-state index < -0.39 is 15.9 Å². The van der Waals surface area contributed by atoms with Crippen LogP contribution in [0.5, 0.6) is 5.75 Å². The van der Waals surface area contributed by atoms with Gasteiger partial charge in [-0.3, -0.25) is 14.9 Å². The predicted molar refractivity (Wildman–Crippen MR) is 92.7 cm³/mol. The molecule has 0 unspecified atom stereocenters. The molecule has 2 N–H and O–H groups in total. The van der Waals surface area contributed by atoms with Crippen LogP contribution in [0.1, 0.15) is 35.6 Å². The number of carbonyl (C=O) groups excluding carboxylic acids is 1. The van der Waals surface area contributed by atoms with Gasteiger partial charge in [0.1, 0.15) is 10.6 Å². The van der Waals surface area contributed by atoms with Crippen molar-refractivity contribution in [2.75, 3.05) is 0 Å². The summed E-state index contributed by atoms with van der Waals surface area (Å²) in [5.41, 5.74) is 3.35. The van der Waals surface area contributed by atoms with Crippen LogP contribution in [-0.4, -0.2) is 30.2 Å². The van der Waals surface area contributed by atoms with Crippen molar-refractivity contribution in [2.24, 2.45) is 7.05 Å². The van der Waals surface area contributed by atoms with Gasteiger partial charge in [0.25, 0.3) is 15.9 Å². The van der Waals surface area contributed by atoms with E-state index in [0.717, 1.165) is 0 Å². The molecule has 0 radical (unpaired) electrons. The van der Waals surface area contributed by atoms with Crippen LogP contribution in [0, 0.1) is 13.8 Å². The van der Waals surface area contributed by atoms with Gasteiger partial charge in [0.2, 0.25) is 0 Å².